The largest absolute Gasteiger partial charge is 0.458 e. The van der Waals surface area contributed by atoms with Crippen LogP contribution in [0.1, 0.15) is 54.4 Å². The fourth-order valence-electron chi connectivity index (χ4n) is 1.71. The predicted molar refractivity (Wildman–Crippen MR) is 107 cm³/mol. The van der Waals surface area contributed by atoms with E-state index < -0.39 is 29.3 Å². The summed E-state index contributed by atoms with van der Waals surface area (Å²) in [5.74, 6) is -0.434. The molecule has 0 aromatic carbocycles. The molecule has 2 atom stereocenters. The van der Waals surface area contributed by atoms with Gasteiger partial charge in [-0.15, -0.1) is 0 Å². The molecule has 0 aromatic rings. The second-order valence-electron chi connectivity index (χ2n) is 7.35. The van der Waals surface area contributed by atoms with Gasteiger partial charge in [-0.1, -0.05) is 37.5 Å². The lowest BCUT2D eigenvalue weighted by Crippen LogP contribution is -2.46. The van der Waals surface area contributed by atoms with Gasteiger partial charge in [0.05, 0.1) is 0 Å². The Morgan fingerprint density at radius 3 is 2.00 bits per heavy atom. The van der Waals surface area contributed by atoms with Crippen LogP contribution in [0.2, 0.25) is 0 Å². The monoisotopic (exact) mass is 443 g/mol. The zero-order chi connectivity index (χ0) is 19.0. The van der Waals surface area contributed by atoms with E-state index in [1.54, 1.807) is 63.1 Å². The summed E-state index contributed by atoms with van der Waals surface area (Å²) in [5.41, 5.74) is -1.22. The van der Waals surface area contributed by atoms with Crippen LogP contribution in [-0.4, -0.2) is 46.1 Å². The first-order valence-corrected chi connectivity index (χ1v) is 11.6. The maximum absolute atomic E-state index is 12.4. The first-order chi connectivity index (χ1) is 10.9. The van der Waals surface area contributed by atoms with Crippen LogP contribution in [0, 0.1) is 0 Å². The molecule has 0 spiro atoms. The van der Waals surface area contributed by atoms with E-state index in [-0.39, 0.29) is 0 Å². The van der Waals surface area contributed by atoms with E-state index in [1.807, 2.05) is 6.26 Å². The summed E-state index contributed by atoms with van der Waals surface area (Å²) in [6.45, 7) is 10.8. The minimum Gasteiger partial charge on any atom is -0.458 e. The van der Waals surface area contributed by atoms with Crippen LogP contribution in [0.5, 0.6) is 0 Å². The summed E-state index contributed by atoms with van der Waals surface area (Å²) in [7, 11) is 3.43. The molecule has 0 heterocycles. The molecule has 0 radical (unpaired) electrons. The summed E-state index contributed by atoms with van der Waals surface area (Å²) in [6, 6.07) is -0.719. The molecule has 0 aromatic heterocycles. The fraction of sp³-hybridized carbons (Fsp3) is 0.875. The average molecular weight is 444 g/mol. The van der Waals surface area contributed by atoms with Gasteiger partial charge in [-0.25, -0.2) is 9.59 Å². The number of hydrogen-bond acceptors (Lipinski definition) is 6. The number of alkyl carbamates (subject to hydrolysis) is 1. The Bertz CT molecular complexity index is 408. The molecule has 8 heteroatoms. The van der Waals surface area contributed by atoms with Crippen molar-refractivity contribution < 1.29 is 19.1 Å². The van der Waals surface area contributed by atoms with Crippen LogP contribution in [0.25, 0.3) is 0 Å². The van der Waals surface area contributed by atoms with E-state index in [9.17, 15) is 9.59 Å². The Labute approximate surface area is 162 Å². The van der Waals surface area contributed by atoms with Gasteiger partial charge in [-0.3, -0.25) is 0 Å². The molecular formula is C16H30BrNO4S2. The smallest absolute Gasteiger partial charge is 0.408 e. The van der Waals surface area contributed by atoms with Crippen molar-refractivity contribution in [2.45, 2.75) is 76.9 Å². The van der Waals surface area contributed by atoms with Gasteiger partial charge in [0.2, 0.25) is 0 Å². The molecule has 142 valence electrons. The average Bonchev–Trinajstić information content (AvgIpc) is 2.37. The van der Waals surface area contributed by atoms with Gasteiger partial charge in [0.15, 0.2) is 0 Å². The molecule has 1 amide bonds. The van der Waals surface area contributed by atoms with Crippen LogP contribution in [0.15, 0.2) is 0 Å². The topological polar surface area (TPSA) is 64.6 Å². The molecule has 0 bridgehead atoms. The van der Waals surface area contributed by atoms with Gasteiger partial charge in [0.1, 0.15) is 17.2 Å². The minimum atomic E-state index is -0.719. The number of alkyl halides is 1. The standard InChI is InChI=1S/C16H30BrNO4S2/c1-15(2,3)21-13(19)12(9-8-11(10-17)24-23-7)18-14(20)22-16(4,5)6/h11-12H,8-10H2,1-7H3,(H,18,20)/t11?,12-/m0/s1. The number of rotatable bonds is 8. The number of carbonyl (C=O) groups excluding carboxylic acids is 2. The first kappa shape index (κ1) is 23.9. The molecule has 5 nitrogen and oxygen atoms in total. The lowest BCUT2D eigenvalue weighted by atomic mass is 10.1. The van der Waals surface area contributed by atoms with Gasteiger partial charge in [0, 0.05) is 10.6 Å². The Hall–Kier alpha value is -0.0800. The molecule has 0 aliphatic rings. The highest BCUT2D eigenvalue weighted by molar-refractivity contribution is 9.09. The molecule has 0 saturated carbocycles. The second kappa shape index (κ2) is 10.8. The maximum Gasteiger partial charge on any atom is 0.408 e. The molecule has 0 aliphatic heterocycles. The van der Waals surface area contributed by atoms with Crippen molar-refractivity contribution in [2.24, 2.45) is 0 Å². The molecule has 0 fully saturated rings. The van der Waals surface area contributed by atoms with E-state index in [1.165, 1.54) is 0 Å². The van der Waals surface area contributed by atoms with Crippen LogP contribution < -0.4 is 5.32 Å². The number of ether oxygens (including phenoxy) is 2. The Balaban J connectivity index is 4.88. The van der Waals surface area contributed by atoms with E-state index in [4.69, 9.17) is 9.47 Å². The number of carbonyl (C=O) groups is 2. The molecule has 0 rings (SSSR count). The highest BCUT2D eigenvalue weighted by Crippen LogP contribution is 2.29. The highest BCUT2D eigenvalue weighted by atomic mass is 79.9. The number of esters is 1. The van der Waals surface area contributed by atoms with Gasteiger partial charge < -0.3 is 14.8 Å². The van der Waals surface area contributed by atoms with Crippen molar-refractivity contribution in [1.29, 1.82) is 0 Å². The summed E-state index contributed by atoms with van der Waals surface area (Å²) in [6.07, 6.45) is 2.69. The molecule has 24 heavy (non-hydrogen) atoms. The van der Waals surface area contributed by atoms with Crippen LogP contribution in [0.4, 0.5) is 4.79 Å². The zero-order valence-corrected chi connectivity index (χ0v) is 18.8. The third kappa shape index (κ3) is 12.3. The van der Waals surface area contributed by atoms with Gasteiger partial charge in [0.25, 0.3) is 0 Å². The summed E-state index contributed by atoms with van der Waals surface area (Å²) < 4.78 is 10.7. The van der Waals surface area contributed by atoms with Crippen LogP contribution in [0.3, 0.4) is 0 Å². The fourth-order valence-corrected chi connectivity index (χ4v) is 4.82. The third-order valence-electron chi connectivity index (χ3n) is 2.56. The van der Waals surface area contributed by atoms with Crippen LogP contribution >= 0.6 is 37.5 Å². The quantitative estimate of drug-likeness (QED) is 0.330. The van der Waals surface area contributed by atoms with Crippen molar-refractivity contribution >= 4 is 49.6 Å². The van der Waals surface area contributed by atoms with Crippen LogP contribution in [-0.2, 0) is 14.3 Å². The van der Waals surface area contributed by atoms with Crippen molar-refractivity contribution in [2.75, 3.05) is 11.6 Å². The van der Waals surface area contributed by atoms with Gasteiger partial charge >= 0.3 is 12.1 Å². The second-order valence-corrected chi connectivity index (χ2v) is 10.8. The summed E-state index contributed by atoms with van der Waals surface area (Å²) in [5, 5.41) is 3.83. The predicted octanol–water partition coefficient (Wildman–Crippen LogP) is 4.78. The van der Waals surface area contributed by atoms with Crippen molar-refractivity contribution in [3.05, 3.63) is 0 Å². The normalized spacial score (nSPS) is 14.7. The number of nitrogens with one attached hydrogen (secondary N) is 1. The third-order valence-corrected chi connectivity index (χ3v) is 6.03. The van der Waals surface area contributed by atoms with Crippen molar-refractivity contribution in [3.63, 3.8) is 0 Å². The Morgan fingerprint density at radius 2 is 1.58 bits per heavy atom. The molecule has 0 saturated heterocycles. The molecule has 0 aliphatic carbocycles. The number of hydrogen-bond donors (Lipinski definition) is 1. The van der Waals surface area contributed by atoms with E-state index in [2.05, 4.69) is 21.2 Å². The maximum atomic E-state index is 12.4. The molecule has 1 unspecified atom stereocenters. The van der Waals surface area contributed by atoms with E-state index in [0.29, 0.717) is 11.7 Å². The Morgan fingerprint density at radius 1 is 1.04 bits per heavy atom. The van der Waals surface area contributed by atoms with Crippen molar-refractivity contribution in [1.82, 2.24) is 5.32 Å². The molecule has 1 N–H and O–H groups in total. The Kier molecular flexibility index (Phi) is 10.8. The van der Waals surface area contributed by atoms with E-state index in [0.717, 1.165) is 11.8 Å². The lowest BCUT2D eigenvalue weighted by Gasteiger charge is -2.26. The summed E-state index contributed by atoms with van der Waals surface area (Å²) >= 11 is 3.48. The van der Waals surface area contributed by atoms with Gasteiger partial charge in [-0.2, -0.15) is 0 Å². The summed E-state index contributed by atoms with van der Waals surface area (Å²) in [4.78, 5) is 24.4. The first-order valence-electron chi connectivity index (χ1n) is 7.85. The van der Waals surface area contributed by atoms with Gasteiger partial charge in [-0.05, 0) is 60.6 Å². The molecular weight excluding hydrogens is 414 g/mol. The highest BCUT2D eigenvalue weighted by Gasteiger charge is 2.29. The zero-order valence-electron chi connectivity index (χ0n) is 15.6. The number of halogens is 1. The minimum absolute atomic E-state index is 0.352. The van der Waals surface area contributed by atoms with E-state index >= 15 is 0 Å². The lowest BCUT2D eigenvalue weighted by molar-refractivity contribution is -0.157. The SMILES string of the molecule is CSSC(CBr)CC[C@H](NC(=O)OC(C)(C)C)C(=O)OC(C)(C)C. The number of amides is 1. The van der Waals surface area contributed by atoms with Crippen molar-refractivity contribution in [3.8, 4) is 0 Å².